The van der Waals surface area contributed by atoms with Crippen molar-refractivity contribution in [1.82, 2.24) is 5.32 Å². The molecule has 1 rings (SSSR count). The van der Waals surface area contributed by atoms with Crippen LogP contribution in [0.15, 0.2) is 24.3 Å². The van der Waals surface area contributed by atoms with Gasteiger partial charge >= 0.3 is 0 Å². The van der Waals surface area contributed by atoms with E-state index >= 15 is 0 Å². The summed E-state index contributed by atoms with van der Waals surface area (Å²) >= 11 is 0. The Kier molecular flexibility index (Phi) is 7.73. The van der Waals surface area contributed by atoms with Gasteiger partial charge in [-0.15, -0.1) is 0 Å². The van der Waals surface area contributed by atoms with Crippen LogP contribution in [0.4, 0.5) is 0 Å². The summed E-state index contributed by atoms with van der Waals surface area (Å²) in [6.07, 6.45) is 3.08. The number of ether oxygens (including phenoxy) is 1. The van der Waals surface area contributed by atoms with Crippen molar-refractivity contribution in [2.45, 2.75) is 45.6 Å². The number of hydrogen-bond acceptors (Lipinski definition) is 3. The third kappa shape index (κ3) is 6.06. The second kappa shape index (κ2) is 9.37. The van der Waals surface area contributed by atoms with Crippen LogP contribution in [0.3, 0.4) is 0 Å². The van der Waals surface area contributed by atoms with E-state index in [-0.39, 0.29) is 12.0 Å². The molecule has 1 aromatic rings. The largest absolute Gasteiger partial charge is 0.494 e. The zero-order chi connectivity index (χ0) is 14.8. The van der Waals surface area contributed by atoms with Crippen molar-refractivity contribution in [2.75, 3.05) is 13.2 Å². The number of carbonyl (C=O) groups is 1. The molecule has 4 heteroatoms. The summed E-state index contributed by atoms with van der Waals surface area (Å²) in [7, 11) is 0. The molecule has 0 bridgehead atoms. The van der Waals surface area contributed by atoms with E-state index in [1.165, 1.54) is 0 Å². The fraction of sp³-hybridized carbons (Fsp3) is 0.562. The minimum Gasteiger partial charge on any atom is -0.494 e. The van der Waals surface area contributed by atoms with E-state index in [1.807, 2.05) is 19.1 Å². The molecule has 1 atom stereocenters. The van der Waals surface area contributed by atoms with Crippen LogP contribution in [0, 0.1) is 0 Å². The van der Waals surface area contributed by atoms with Crippen LogP contribution in [-0.2, 0) is 0 Å². The van der Waals surface area contributed by atoms with Crippen molar-refractivity contribution in [1.29, 1.82) is 0 Å². The van der Waals surface area contributed by atoms with Gasteiger partial charge in [0.05, 0.1) is 12.7 Å². The van der Waals surface area contributed by atoms with Gasteiger partial charge < -0.3 is 15.2 Å². The molecule has 0 aromatic heterocycles. The molecular weight excluding hydrogens is 254 g/mol. The maximum atomic E-state index is 11.9. The van der Waals surface area contributed by atoms with Crippen LogP contribution in [0.25, 0.3) is 0 Å². The highest BCUT2D eigenvalue weighted by Crippen LogP contribution is 2.12. The lowest BCUT2D eigenvalue weighted by Gasteiger charge is -2.09. The number of rotatable bonds is 9. The van der Waals surface area contributed by atoms with E-state index in [2.05, 4.69) is 12.2 Å². The number of aliphatic hydroxyl groups excluding tert-OH is 1. The molecule has 112 valence electrons. The van der Waals surface area contributed by atoms with Crippen LogP contribution in [0.5, 0.6) is 5.75 Å². The maximum absolute atomic E-state index is 11.9. The van der Waals surface area contributed by atoms with Gasteiger partial charge in [-0.2, -0.15) is 0 Å². The van der Waals surface area contributed by atoms with Gasteiger partial charge in [-0.05, 0) is 43.5 Å². The quantitative estimate of drug-likeness (QED) is 0.683. The molecule has 1 amide bonds. The normalized spacial score (nSPS) is 11.9. The van der Waals surface area contributed by atoms with Crippen molar-refractivity contribution in [3.05, 3.63) is 29.8 Å². The predicted octanol–water partition coefficient (Wildman–Crippen LogP) is 2.76. The molecule has 0 aliphatic rings. The maximum Gasteiger partial charge on any atom is 0.251 e. The molecule has 0 aliphatic carbocycles. The van der Waals surface area contributed by atoms with Crippen molar-refractivity contribution in [2.24, 2.45) is 0 Å². The van der Waals surface area contributed by atoms with Crippen LogP contribution in [0.2, 0.25) is 0 Å². The van der Waals surface area contributed by atoms with E-state index in [0.29, 0.717) is 31.6 Å². The summed E-state index contributed by atoms with van der Waals surface area (Å²) in [5.74, 6) is 0.671. The summed E-state index contributed by atoms with van der Waals surface area (Å²) in [6.45, 7) is 5.23. The molecule has 0 radical (unpaired) electrons. The Morgan fingerprint density at radius 2 is 2.00 bits per heavy atom. The minimum atomic E-state index is -0.343. The monoisotopic (exact) mass is 279 g/mol. The van der Waals surface area contributed by atoms with Crippen molar-refractivity contribution in [3.8, 4) is 5.75 Å². The smallest absolute Gasteiger partial charge is 0.251 e. The zero-order valence-electron chi connectivity index (χ0n) is 12.4. The number of amides is 1. The van der Waals surface area contributed by atoms with Gasteiger partial charge in [-0.1, -0.05) is 20.3 Å². The SMILES string of the molecule is CCCCOc1ccc(C(=O)NCCC(O)CC)cc1. The first kappa shape index (κ1) is 16.5. The molecule has 2 N–H and O–H groups in total. The van der Waals surface area contributed by atoms with Crippen LogP contribution < -0.4 is 10.1 Å². The number of carbonyl (C=O) groups excluding carboxylic acids is 1. The standard InChI is InChI=1S/C16H25NO3/c1-3-5-12-20-15-8-6-13(7-9-15)16(19)17-11-10-14(18)4-2/h6-9,14,18H,3-5,10-12H2,1-2H3,(H,17,19). The Balaban J connectivity index is 2.37. The summed E-state index contributed by atoms with van der Waals surface area (Å²) in [5.41, 5.74) is 0.610. The van der Waals surface area contributed by atoms with Crippen LogP contribution in [0.1, 0.15) is 49.9 Å². The van der Waals surface area contributed by atoms with E-state index in [9.17, 15) is 9.90 Å². The highest BCUT2D eigenvalue weighted by Gasteiger charge is 2.06. The predicted molar refractivity (Wildman–Crippen MR) is 80.1 cm³/mol. The third-order valence-corrected chi connectivity index (χ3v) is 3.12. The average Bonchev–Trinajstić information content (AvgIpc) is 2.48. The third-order valence-electron chi connectivity index (χ3n) is 3.12. The van der Waals surface area contributed by atoms with Gasteiger partial charge in [0.15, 0.2) is 0 Å². The Labute approximate surface area is 121 Å². The Hall–Kier alpha value is -1.55. The minimum absolute atomic E-state index is 0.117. The lowest BCUT2D eigenvalue weighted by Crippen LogP contribution is -2.26. The number of nitrogens with one attached hydrogen (secondary N) is 1. The lowest BCUT2D eigenvalue weighted by atomic mass is 10.2. The van der Waals surface area contributed by atoms with Crippen molar-refractivity contribution < 1.29 is 14.6 Å². The molecule has 4 nitrogen and oxygen atoms in total. The highest BCUT2D eigenvalue weighted by molar-refractivity contribution is 5.94. The number of benzene rings is 1. The number of hydrogen-bond donors (Lipinski definition) is 2. The van der Waals surface area contributed by atoms with Gasteiger partial charge in [0.25, 0.3) is 5.91 Å². The Morgan fingerprint density at radius 3 is 2.60 bits per heavy atom. The molecule has 0 aliphatic heterocycles. The Morgan fingerprint density at radius 1 is 1.30 bits per heavy atom. The Bertz CT molecular complexity index is 389. The fourth-order valence-corrected chi connectivity index (χ4v) is 1.70. The zero-order valence-corrected chi connectivity index (χ0v) is 12.4. The van der Waals surface area contributed by atoms with Gasteiger partial charge in [-0.3, -0.25) is 4.79 Å². The number of unbranched alkanes of at least 4 members (excludes halogenated alkanes) is 1. The van der Waals surface area contributed by atoms with Crippen LogP contribution >= 0.6 is 0 Å². The first-order valence-electron chi connectivity index (χ1n) is 7.36. The molecule has 20 heavy (non-hydrogen) atoms. The van der Waals surface area contributed by atoms with Gasteiger partial charge in [0.1, 0.15) is 5.75 Å². The topological polar surface area (TPSA) is 58.6 Å². The summed E-state index contributed by atoms with van der Waals surface area (Å²) in [5, 5.41) is 12.2. The van der Waals surface area contributed by atoms with Gasteiger partial charge in [-0.25, -0.2) is 0 Å². The summed E-state index contributed by atoms with van der Waals surface area (Å²) in [4.78, 5) is 11.9. The average molecular weight is 279 g/mol. The first-order valence-corrected chi connectivity index (χ1v) is 7.36. The van der Waals surface area contributed by atoms with Crippen molar-refractivity contribution >= 4 is 5.91 Å². The molecule has 0 fully saturated rings. The first-order chi connectivity index (χ1) is 9.67. The lowest BCUT2D eigenvalue weighted by molar-refractivity contribution is 0.0942. The number of aliphatic hydroxyl groups is 1. The second-order valence-electron chi connectivity index (χ2n) is 4.83. The molecule has 1 unspecified atom stereocenters. The van der Waals surface area contributed by atoms with E-state index < -0.39 is 0 Å². The van der Waals surface area contributed by atoms with Gasteiger partial charge in [0, 0.05) is 12.1 Å². The van der Waals surface area contributed by atoms with E-state index in [0.717, 1.165) is 18.6 Å². The van der Waals surface area contributed by atoms with Crippen molar-refractivity contribution in [3.63, 3.8) is 0 Å². The summed E-state index contributed by atoms with van der Waals surface area (Å²) in [6, 6.07) is 7.14. The molecule has 0 saturated carbocycles. The fourth-order valence-electron chi connectivity index (χ4n) is 1.70. The molecule has 1 aromatic carbocycles. The second-order valence-corrected chi connectivity index (χ2v) is 4.83. The van der Waals surface area contributed by atoms with E-state index in [4.69, 9.17) is 4.74 Å². The van der Waals surface area contributed by atoms with Crippen LogP contribution in [-0.4, -0.2) is 30.3 Å². The molecule has 0 spiro atoms. The highest BCUT2D eigenvalue weighted by atomic mass is 16.5. The van der Waals surface area contributed by atoms with Gasteiger partial charge in [0.2, 0.25) is 0 Å². The molecule has 0 saturated heterocycles. The molecule has 0 heterocycles. The summed E-state index contributed by atoms with van der Waals surface area (Å²) < 4.78 is 5.54. The van der Waals surface area contributed by atoms with E-state index in [1.54, 1.807) is 12.1 Å². The molecular formula is C16H25NO3.